The van der Waals surface area contributed by atoms with E-state index in [-0.39, 0.29) is 5.91 Å². The number of nitrogens with one attached hydrogen (secondary N) is 1. The molecule has 0 spiro atoms. The van der Waals surface area contributed by atoms with Crippen molar-refractivity contribution < 1.29 is 4.79 Å². The van der Waals surface area contributed by atoms with Crippen molar-refractivity contribution >= 4 is 38.8 Å². The van der Waals surface area contributed by atoms with Gasteiger partial charge in [-0.1, -0.05) is 46.3 Å². The molecule has 0 bridgehead atoms. The smallest absolute Gasteiger partial charge is 0.246 e. The second kappa shape index (κ2) is 6.29. The van der Waals surface area contributed by atoms with Gasteiger partial charge in [0.15, 0.2) is 0 Å². The van der Waals surface area contributed by atoms with Crippen LogP contribution in [0.4, 0.5) is 0 Å². The number of fused-ring (bicyclic) bond motifs is 3. The van der Waals surface area contributed by atoms with Crippen molar-refractivity contribution in [2.75, 3.05) is 6.54 Å². The summed E-state index contributed by atoms with van der Waals surface area (Å²) in [6.45, 7) is 1.42. The van der Waals surface area contributed by atoms with Gasteiger partial charge in [-0.15, -0.1) is 0 Å². The van der Waals surface area contributed by atoms with Crippen LogP contribution in [0.2, 0.25) is 0 Å². The first-order valence-corrected chi connectivity index (χ1v) is 8.81. The molecule has 0 saturated heterocycles. The zero-order valence-electron chi connectivity index (χ0n) is 13.1. The van der Waals surface area contributed by atoms with Gasteiger partial charge in [0, 0.05) is 52.2 Å². The summed E-state index contributed by atoms with van der Waals surface area (Å²) in [4.78, 5) is 17.9. The van der Waals surface area contributed by atoms with Gasteiger partial charge in [0.05, 0.1) is 0 Å². The van der Waals surface area contributed by atoms with Crippen molar-refractivity contribution in [2.24, 2.45) is 0 Å². The van der Waals surface area contributed by atoms with Gasteiger partial charge in [-0.25, -0.2) is 0 Å². The number of hydrogen-bond acceptors (Lipinski definition) is 1. The van der Waals surface area contributed by atoms with E-state index in [1.807, 2.05) is 47.4 Å². The molecular formula is C20H17BrN2O. The van der Waals surface area contributed by atoms with Gasteiger partial charge in [0.25, 0.3) is 0 Å². The molecule has 0 fully saturated rings. The first-order valence-electron chi connectivity index (χ1n) is 8.02. The molecule has 4 rings (SSSR count). The molecule has 0 aliphatic carbocycles. The standard InChI is InChI=1S/C20H17BrN2O/c21-15-5-3-4-14(12-15)8-9-20(24)23-11-10-19-17(13-23)16-6-1-2-7-18(16)22-19/h1-9,12,22H,10-11,13H2. The molecule has 120 valence electrons. The Labute approximate surface area is 149 Å². The first kappa shape index (κ1) is 15.2. The summed E-state index contributed by atoms with van der Waals surface area (Å²) in [6, 6.07) is 16.2. The zero-order valence-corrected chi connectivity index (χ0v) is 14.7. The molecule has 0 radical (unpaired) electrons. The van der Waals surface area contributed by atoms with Crippen LogP contribution in [0.25, 0.3) is 17.0 Å². The quantitative estimate of drug-likeness (QED) is 0.651. The lowest BCUT2D eigenvalue weighted by Crippen LogP contribution is -2.34. The molecular weight excluding hydrogens is 364 g/mol. The minimum atomic E-state index is 0.0610. The Morgan fingerprint density at radius 3 is 2.92 bits per heavy atom. The summed E-state index contributed by atoms with van der Waals surface area (Å²) in [7, 11) is 0. The molecule has 1 aliphatic heterocycles. The Morgan fingerprint density at radius 1 is 1.17 bits per heavy atom. The zero-order chi connectivity index (χ0) is 16.5. The molecule has 0 unspecified atom stereocenters. The number of carbonyl (C=O) groups excluding carboxylic acids is 1. The third-order valence-corrected chi connectivity index (χ3v) is 4.95. The van der Waals surface area contributed by atoms with Gasteiger partial charge in [-0.2, -0.15) is 0 Å². The van der Waals surface area contributed by atoms with E-state index in [2.05, 4.69) is 33.0 Å². The number of nitrogens with zero attached hydrogens (tertiary/aromatic N) is 1. The Balaban J connectivity index is 1.54. The number of H-pyrrole nitrogens is 1. The number of rotatable bonds is 2. The number of aromatic nitrogens is 1. The molecule has 0 saturated carbocycles. The van der Waals surface area contributed by atoms with E-state index < -0.39 is 0 Å². The number of para-hydroxylation sites is 1. The van der Waals surface area contributed by atoms with Gasteiger partial charge in [0.2, 0.25) is 5.91 Å². The lowest BCUT2D eigenvalue weighted by molar-refractivity contribution is -0.126. The van der Waals surface area contributed by atoms with Gasteiger partial charge in [0.1, 0.15) is 0 Å². The van der Waals surface area contributed by atoms with Crippen molar-refractivity contribution in [3.8, 4) is 0 Å². The van der Waals surface area contributed by atoms with E-state index in [0.717, 1.165) is 28.5 Å². The SMILES string of the molecule is O=C(C=Cc1cccc(Br)c1)N1CCc2[nH]c3ccccc3c2C1. The van der Waals surface area contributed by atoms with Gasteiger partial charge in [-0.3, -0.25) is 4.79 Å². The van der Waals surface area contributed by atoms with Crippen molar-refractivity contribution in [1.29, 1.82) is 0 Å². The number of hydrogen-bond donors (Lipinski definition) is 1. The predicted octanol–water partition coefficient (Wildman–Crippen LogP) is 4.53. The fourth-order valence-corrected chi connectivity index (χ4v) is 3.65. The summed E-state index contributed by atoms with van der Waals surface area (Å²) in [5.74, 6) is 0.0610. The molecule has 4 heteroatoms. The molecule has 2 aromatic carbocycles. The predicted molar refractivity (Wildman–Crippen MR) is 101 cm³/mol. The fourth-order valence-electron chi connectivity index (χ4n) is 3.24. The minimum absolute atomic E-state index is 0.0610. The summed E-state index contributed by atoms with van der Waals surface area (Å²) < 4.78 is 1.01. The van der Waals surface area contributed by atoms with Crippen LogP contribution < -0.4 is 0 Å². The van der Waals surface area contributed by atoms with Crippen LogP contribution in [0.5, 0.6) is 0 Å². The summed E-state index contributed by atoms with van der Waals surface area (Å²) >= 11 is 3.45. The van der Waals surface area contributed by atoms with E-state index in [9.17, 15) is 4.79 Å². The van der Waals surface area contributed by atoms with Crippen molar-refractivity contribution in [2.45, 2.75) is 13.0 Å². The average molecular weight is 381 g/mol. The Kier molecular flexibility index (Phi) is 3.98. The molecule has 1 N–H and O–H groups in total. The number of halogens is 1. The summed E-state index contributed by atoms with van der Waals surface area (Å²) in [6.07, 6.45) is 4.42. The maximum Gasteiger partial charge on any atom is 0.246 e. The largest absolute Gasteiger partial charge is 0.358 e. The van der Waals surface area contributed by atoms with Crippen LogP contribution in [-0.4, -0.2) is 22.3 Å². The van der Waals surface area contributed by atoms with E-state index in [4.69, 9.17) is 0 Å². The molecule has 1 aromatic heterocycles. The summed E-state index contributed by atoms with van der Waals surface area (Å²) in [5, 5.41) is 1.22. The highest BCUT2D eigenvalue weighted by Crippen LogP contribution is 2.27. The molecule has 2 heterocycles. The number of amides is 1. The van der Waals surface area contributed by atoms with Gasteiger partial charge in [-0.05, 0) is 29.8 Å². The van der Waals surface area contributed by atoms with Crippen LogP contribution in [0.3, 0.4) is 0 Å². The Hall–Kier alpha value is -2.33. The van der Waals surface area contributed by atoms with Gasteiger partial charge < -0.3 is 9.88 Å². The highest BCUT2D eigenvalue weighted by atomic mass is 79.9. The number of aromatic amines is 1. The molecule has 3 nitrogen and oxygen atoms in total. The summed E-state index contributed by atoms with van der Waals surface area (Å²) in [5.41, 5.74) is 4.68. The fraction of sp³-hybridized carbons (Fsp3) is 0.150. The second-order valence-corrected chi connectivity index (χ2v) is 6.94. The Morgan fingerprint density at radius 2 is 2.04 bits per heavy atom. The van der Waals surface area contributed by atoms with Crippen LogP contribution in [0.15, 0.2) is 59.1 Å². The molecule has 0 atom stereocenters. The van der Waals surface area contributed by atoms with E-state index in [1.54, 1.807) is 6.08 Å². The van der Waals surface area contributed by atoms with Crippen LogP contribution in [-0.2, 0) is 17.8 Å². The minimum Gasteiger partial charge on any atom is -0.358 e. The molecule has 24 heavy (non-hydrogen) atoms. The maximum absolute atomic E-state index is 12.5. The molecule has 1 amide bonds. The van der Waals surface area contributed by atoms with Crippen LogP contribution >= 0.6 is 15.9 Å². The van der Waals surface area contributed by atoms with E-state index >= 15 is 0 Å². The van der Waals surface area contributed by atoms with Crippen molar-refractivity contribution in [1.82, 2.24) is 9.88 Å². The number of benzene rings is 2. The van der Waals surface area contributed by atoms with Gasteiger partial charge >= 0.3 is 0 Å². The molecule has 3 aromatic rings. The lowest BCUT2D eigenvalue weighted by Gasteiger charge is -2.26. The normalized spacial score (nSPS) is 14.3. The maximum atomic E-state index is 12.5. The first-order chi connectivity index (χ1) is 11.7. The highest BCUT2D eigenvalue weighted by Gasteiger charge is 2.22. The van der Waals surface area contributed by atoms with Crippen LogP contribution in [0, 0.1) is 0 Å². The number of carbonyl (C=O) groups is 1. The van der Waals surface area contributed by atoms with Crippen LogP contribution in [0.1, 0.15) is 16.8 Å². The van der Waals surface area contributed by atoms with Crippen molar-refractivity contribution in [3.63, 3.8) is 0 Å². The highest BCUT2D eigenvalue weighted by molar-refractivity contribution is 9.10. The third kappa shape index (κ3) is 2.89. The molecule has 1 aliphatic rings. The average Bonchev–Trinajstić information content (AvgIpc) is 2.97. The third-order valence-electron chi connectivity index (χ3n) is 4.46. The Bertz CT molecular complexity index is 942. The van der Waals surface area contributed by atoms with E-state index in [1.165, 1.54) is 16.6 Å². The van der Waals surface area contributed by atoms with Crippen molar-refractivity contribution in [3.05, 3.63) is 75.9 Å². The topological polar surface area (TPSA) is 36.1 Å². The second-order valence-electron chi connectivity index (χ2n) is 6.03. The van der Waals surface area contributed by atoms with E-state index in [0.29, 0.717) is 6.54 Å². The monoisotopic (exact) mass is 380 g/mol. The lowest BCUT2D eigenvalue weighted by atomic mass is 10.0.